The van der Waals surface area contributed by atoms with Crippen LogP contribution in [0.4, 0.5) is 0 Å². The van der Waals surface area contributed by atoms with Gasteiger partial charge in [-0.25, -0.2) is 0 Å². The van der Waals surface area contributed by atoms with Crippen molar-refractivity contribution >= 4 is 17.9 Å². The fourth-order valence-electron chi connectivity index (χ4n) is 8.13. The van der Waals surface area contributed by atoms with E-state index in [1.165, 1.54) is 186 Å². The Morgan fingerprint density at radius 1 is 0.350 bits per heavy atom. The van der Waals surface area contributed by atoms with E-state index in [1.807, 2.05) is 0 Å². The summed E-state index contributed by atoms with van der Waals surface area (Å²) in [4.78, 5) is 37.9. The molecule has 0 spiro atoms. The Morgan fingerprint density at radius 3 is 0.950 bits per heavy atom. The summed E-state index contributed by atoms with van der Waals surface area (Å²) in [6.45, 7) is 11.4. The van der Waals surface area contributed by atoms with Crippen LogP contribution < -0.4 is 0 Å². The molecule has 0 amide bonds. The number of rotatable bonds is 48. The molecule has 2 atom stereocenters. The second-order valence-electron chi connectivity index (χ2n) is 19.2. The summed E-state index contributed by atoms with van der Waals surface area (Å²) >= 11 is 0. The Morgan fingerprint density at radius 2 is 0.633 bits per heavy atom. The van der Waals surface area contributed by atoms with Gasteiger partial charge in [-0.2, -0.15) is 0 Å². The van der Waals surface area contributed by atoms with E-state index < -0.39 is 6.10 Å². The third-order valence-electron chi connectivity index (χ3n) is 12.6. The normalized spacial score (nSPS) is 12.5. The van der Waals surface area contributed by atoms with Gasteiger partial charge in [0, 0.05) is 19.3 Å². The number of unbranched alkanes of at least 4 members (excludes halogenated alkanes) is 32. The van der Waals surface area contributed by atoms with Crippen molar-refractivity contribution in [3.63, 3.8) is 0 Å². The van der Waals surface area contributed by atoms with Crippen LogP contribution in [-0.2, 0) is 28.6 Å². The molecule has 1 unspecified atom stereocenters. The Balaban J connectivity index is 4.17. The molecule has 6 nitrogen and oxygen atoms in total. The number of carbonyl (C=O) groups excluding carboxylic acids is 3. The van der Waals surface area contributed by atoms with Gasteiger partial charge in [-0.15, -0.1) is 0 Å². The summed E-state index contributed by atoms with van der Waals surface area (Å²) < 4.78 is 16.8. The minimum atomic E-state index is -0.761. The zero-order valence-electron chi connectivity index (χ0n) is 41.1. The molecule has 0 aliphatic rings. The Kier molecular flexibility index (Phi) is 45.7. The molecule has 0 aliphatic carbocycles. The van der Waals surface area contributed by atoms with Crippen LogP contribution in [0.1, 0.15) is 298 Å². The predicted molar refractivity (Wildman–Crippen MR) is 256 cm³/mol. The van der Waals surface area contributed by atoms with Crippen molar-refractivity contribution in [3.8, 4) is 0 Å². The molecule has 0 heterocycles. The third kappa shape index (κ3) is 45.9. The van der Waals surface area contributed by atoms with Gasteiger partial charge in [0.1, 0.15) is 13.2 Å². The SMILES string of the molecule is CCCCCCCCCCCCCC(=O)OC[C@H](COC(=O)CCCCCCCCC(C)C)OC(=O)CCCCCCCCCCCCCCCCCCCCC(C)CC. The first-order valence-electron chi connectivity index (χ1n) is 26.8. The van der Waals surface area contributed by atoms with Crippen LogP contribution in [0.25, 0.3) is 0 Å². The van der Waals surface area contributed by atoms with E-state index in [0.29, 0.717) is 19.3 Å². The molecular formula is C54H104O6. The van der Waals surface area contributed by atoms with Crippen LogP contribution in [0.2, 0.25) is 0 Å². The fourth-order valence-corrected chi connectivity index (χ4v) is 8.13. The van der Waals surface area contributed by atoms with Gasteiger partial charge in [0.25, 0.3) is 0 Å². The topological polar surface area (TPSA) is 78.9 Å². The summed E-state index contributed by atoms with van der Waals surface area (Å²) in [6.07, 6.45) is 48.2. The van der Waals surface area contributed by atoms with E-state index in [2.05, 4.69) is 34.6 Å². The van der Waals surface area contributed by atoms with Gasteiger partial charge in [0.15, 0.2) is 6.10 Å². The lowest BCUT2D eigenvalue weighted by atomic mass is 9.99. The lowest BCUT2D eigenvalue weighted by molar-refractivity contribution is -0.167. The fraction of sp³-hybridized carbons (Fsp3) is 0.944. The van der Waals surface area contributed by atoms with Gasteiger partial charge in [0.05, 0.1) is 0 Å². The second kappa shape index (κ2) is 46.9. The van der Waals surface area contributed by atoms with Gasteiger partial charge in [-0.3, -0.25) is 14.4 Å². The minimum Gasteiger partial charge on any atom is -0.462 e. The highest BCUT2D eigenvalue weighted by molar-refractivity contribution is 5.71. The number of esters is 3. The summed E-state index contributed by atoms with van der Waals surface area (Å²) in [5.41, 5.74) is 0. The quantitative estimate of drug-likeness (QED) is 0.0345. The van der Waals surface area contributed by atoms with E-state index >= 15 is 0 Å². The maximum absolute atomic E-state index is 12.8. The van der Waals surface area contributed by atoms with Gasteiger partial charge in [-0.1, -0.05) is 259 Å². The van der Waals surface area contributed by atoms with E-state index in [9.17, 15) is 14.4 Å². The standard InChI is InChI=1S/C54H104O6/c1-6-8-9-10-11-12-21-25-28-34-39-44-52(55)58-47-51(48-59-53(56)45-40-35-31-30-32-37-42-49(3)4)60-54(57)46-41-36-29-26-23-20-18-16-14-13-15-17-19-22-24-27-33-38-43-50(5)7-2/h49-51H,6-48H2,1-5H3/t50?,51-/m1/s1. The minimum absolute atomic E-state index is 0.0644. The maximum atomic E-state index is 12.8. The van der Waals surface area contributed by atoms with Crippen LogP contribution in [0.5, 0.6) is 0 Å². The molecule has 0 N–H and O–H groups in total. The first-order chi connectivity index (χ1) is 29.3. The van der Waals surface area contributed by atoms with Crippen molar-refractivity contribution in [2.24, 2.45) is 11.8 Å². The smallest absolute Gasteiger partial charge is 0.306 e. The first kappa shape index (κ1) is 58.4. The Hall–Kier alpha value is -1.59. The average Bonchev–Trinajstić information content (AvgIpc) is 3.23. The maximum Gasteiger partial charge on any atom is 0.306 e. The van der Waals surface area contributed by atoms with Crippen molar-refractivity contribution in [3.05, 3.63) is 0 Å². The summed E-state index contributed by atoms with van der Waals surface area (Å²) in [6, 6.07) is 0. The van der Waals surface area contributed by atoms with E-state index in [1.54, 1.807) is 0 Å². The van der Waals surface area contributed by atoms with Gasteiger partial charge >= 0.3 is 17.9 Å². The van der Waals surface area contributed by atoms with E-state index in [-0.39, 0.29) is 31.1 Å². The molecule has 356 valence electrons. The molecule has 0 aromatic rings. The van der Waals surface area contributed by atoms with E-state index in [0.717, 1.165) is 69.6 Å². The molecule has 0 saturated carbocycles. The lowest BCUT2D eigenvalue weighted by Crippen LogP contribution is -2.30. The molecule has 0 aromatic heterocycles. The zero-order valence-corrected chi connectivity index (χ0v) is 41.1. The predicted octanol–water partition coefficient (Wildman–Crippen LogP) is 17.3. The van der Waals surface area contributed by atoms with Gasteiger partial charge < -0.3 is 14.2 Å². The lowest BCUT2D eigenvalue weighted by Gasteiger charge is -2.18. The summed E-state index contributed by atoms with van der Waals surface area (Å²) in [5, 5.41) is 0. The first-order valence-corrected chi connectivity index (χ1v) is 26.8. The average molecular weight is 849 g/mol. The molecule has 0 fully saturated rings. The van der Waals surface area contributed by atoms with E-state index in [4.69, 9.17) is 14.2 Å². The Labute approximate surface area is 374 Å². The zero-order chi connectivity index (χ0) is 44.0. The molecule has 60 heavy (non-hydrogen) atoms. The molecule has 0 bridgehead atoms. The van der Waals surface area contributed by atoms with Crippen molar-refractivity contribution in [2.45, 2.75) is 304 Å². The largest absolute Gasteiger partial charge is 0.462 e. The highest BCUT2D eigenvalue weighted by Crippen LogP contribution is 2.18. The third-order valence-corrected chi connectivity index (χ3v) is 12.6. The number of hydrogen-bond donors (Lipinski definition) is 0. The summed E-state index contributed by atoms with van der Waals surface area (Å²) in [7, 11) is 0. The van der Waals surface area contributed by atoms with Crippen LogP contribution in [0.3, 0.4) is 0 Å². The van der Waals surface area contributed by atoms with Crippen LogP contribution >= 0.6 is 0 Å². The number of ether oxygens (including phenoxy) is 3. The Bertz CT molecular complexity index is 918. The molecule has 6 heteroatoms. The molecule has 0 radical (unpaired) electrons. The van der Waals surface area contributed by atoms with Gasteiger partial charge in [0.2, 0.25) is 0 Å². The molecule has 0 saturated heterocycles. The molecular weight excluding hydrogens is 745 g/mol. The van der Waals surface area contributed by atoms with Crippen LogP contribution in [0, 0.1) is 11.8 Å². The number of carbonyl (C=O) groups is 3. The molecule has 0 aromatic carbocycles. The number of hydrogen-bond acceptors (Lipinski definition) is 6. The van der Waals surface area contributed by atoms with Crippen LogP contribution in [-0.4, -0.2) is 37.2 Å². The molecule has 0 aliphatic heterocycles. The van der Waals surface area contributed by atoms with Crippen molar-refractivity contribution < 1.29 is 28.6 Å². The van der Waals surface area contributed by atoms with Crippen molar-refractivity contribution in [2.75, 3.05) is 13.2 Å². The van der Waals surface area contributed by atoms with Crippen molar-refractivity contribution in [1.29, 1.82) is 0 Å². The highest BCUT2D eigenvalue weighted by Gasteiger charge is 2.19. The van der Waals surface area contributed by atoms with Crippen molar-refractivity contribution in [1.82, 2.24) is 0 Å². The monoisotopic (exact) mass is 849 g/mol. The second-order valence-corrected chi connectivity index (χ2v) is 19.2. The highest BCUT2D eigenvalue weighted by atomic mass is 16.6. The summed E-state index contributed by atoms with van der Waals surface area (Å²) in [5.74, 6) is 0.820. The van der Waals surface area contributed by atoms with Gasteiger partial charge in [-0.05, 0) is 31.1 Å². The molecule has 0 rings (SSSR count). The van der Waals surface area contributed by atoms with Crippen LogP contribution in [0.15, 0.2) is 0 Å².